The van der Waals surface area contributed by atoms with E-state index in [1.165, 1.54) is 55.6 Å². The second-order valence-corrected chi connectivity index (χ2v) is 17.1. The van der Waals surface area contributed by atoms with Gasteiger partial charge in [-0.3, -0.25) is 0 Å². The van der Waals surface area contributed by atoms with Gasteiger partial charge >= 0.3 is 0 Å². The summed E-state index contributed by atoms with van der Waals surface area (Å²) < 4.78 is 9.16. The summed E-state index contributed by atoms with van der Waals surface area (Å²) in [5.41, 5.74) is 20.7. The Kier molecular flexibility index (Phi) is 7.32. The molecule has 0 amide bonds. The van der Waals surface area contributed by atoms with Crippen LogP contribution in [0, 0.1) is 0 Å². The molecule has 2 heterocycles. The lowest BCUT2D eigenvalue weighted by Gasteiger charge is -2.32. The average molecular weight is 815 g/mol. The third-order valence-corrected chi connectivity index (χ3v) is 14.0. The third-order valence-electron chi connectivity index (χ3n) is 14.0. The van der Waals surface area contributed by atoms with Gasteiger partial charge in [-0.25, -0.2) is 0 Å². The highest BCUT2D eigenvalue weighted by Crippen LogP contribution is 2.64. The molecule has 1 spiro atoms. The van der Waals surface area contributed by atoms with E-state index in [0.717, 1.165) is 66.5 Å². The Bertz CT molecular complexity index is 3810. The van der Waals surface area contributed by atoms with Crippen molar-refractivity contribution in [2.24, 2.45) is 0 Å². The van der Waals surface area contributed by atoms with E-state index < -0.39 is 5.41 Å². The molecule has 3 nitrogen and oxygen atoms in total. The zero-order valence-electron chi connectivity index (χ0n) is 34.7. The molecule has 0 atom stereocenters. The Balaban J connectivity index is 1.07. The monoisotopic (exact) mass is 814 g/mol. The first-order chi connectivity index (χ1) is 31.8. The third kappa shape index (κ3) is 4.70. The van der Waals surface area contributed by atoms with Crippen LogP contribution in [0.4, 0.5) is 17.1 Å². The highest BCUT2D eigenvalue weighted by molar-refractivity contribution is 6.22. The van der Waals surface area contributed by atoms with Gasteiger partial charge in [-0.05, 0) is 111 Å². The zero-order valence-corrected chi connectivity index (χ0v) is 34.7. The van der Waals surface area contributed by atoms with Crippen molar-refractivity contribution in [1.29, 1.82) is 0 Å². The van der Waals surface area contributed by atoms with Gasteiger partial charge in [0.15, 0.2) is 5.58 Å². The van der Waals surface area contributed by atoms with Crippen molar-refractivity contribution >= 4 is 60.8 Å². The number of fused-ring (bicyclic) bond motifs is 17. The molecule has 12 aromatic rings. The summed E-state index contributed by atoms with van der Waals surface area (Å²) >= 11 is 0. The van der Waals surface area contributed by atoms with E-state index in [9.17, 15) is 0 Å². The molecule has 2 aliphatic rings. The normalized spacial score (nSPS) is 13.1. The van der Waals surface area contributed by atoms with Gasteiger partial charge in [0, 0.05) is 44.2 Å². The molecular formula is C61H38N2O. The number of furan rings is 1. The molecule has 2 aromatic heterocycles. The standard InChI is InChI=1S/C61H38N2O/c1-3-17-39(18-4-1)40-19-15-22-42(37-40)62(56-31-16-30-54-58(56)49-26-9-13-29-53(49)61(54)51-27-11-7-23-44(51)45-24-8-12-28-52(45)61)43-33-36-55-50(38-43)47-34-35-48-46-25-10-14-32-57(46)64-60(48)59(47)63(55)41-20-5-2-6-21-41/h1-38H. The molecule has 0 saturated heterocycles. The van der Waals surface area contributed by atoms with Crippen LogP contribution < -0.4 is 4.90 Å². The van der Waals surface area contributed by atoms with Gasteiger partial charge in [0.05, 0.1) is 22.1 Å². The van der Waals surface area contributed by atoms with Crippen LogP contribution in [0.15, 0.2) is 235 Å². The van der Waals surface area contributed by atoms with Crippen LogP contribution in [-0.2, 0) is 5.41 Å². The molecule has 64 heavy (non-hydrogen) atoms. The van der Waals surface area contributed by atoms with E-state index in [2.05, 4.69) is 234 Å². The number of hydrogen-bond acceptors (Lipinski definition) is 2. The molecule has 14 rings (SSSR count). The fourth-order valence-corrected chi connectivity index (χ4v) is 11.4. The second-order valence-electron chi connectivity index (χ2n) is 17.1. The van der Waals surface area contributed by atoms with Crippen molar-refractivity contribution in [3.63, 3.8) is 0 Å². The maximum absolute atomic E-state index is 6.78. The summed E-state index contributed by atoms with van der Waals surface area (Å²) in [5, 5.41) is 4.54. The van der Waals surface area contributed by atoms with Gasteiger partial charge in [0.25, 0.3) is 0 Å². The molecule has 0 saturated carbocycles. The molecule has 0 bridgehead atoms. The van der Waals surface area contributed by atoms with Crippen LogP contribution in [0.1, 0.15) is 22.3 Å². The van der Waals surface area contributed by atoms with Crippen LogP contribution in [0.2, 0.25) is 0 Å². The van der Waals surface area contributed by atoms with Crippen LogP contribution in [0.25, 0.3) is 82.8 Å². The number of anilines is 3. The van der Waals surface area contributed by atoms with Crippen molar-refractivity contribution < 1.29 is 4.42 Å². The first kappa shape index (κ1) is 35.2. The van der Waals surface area contributed by atoms with E-state index in [4.69, 9.17) is 4.42 Å². The summed E-state index contributed by atoms with van der Waals surface area (Å²) in [4.78, 5) is 2.50. The van der Waals surface area contributed by atoms with Gasteiger partial charge in [-0.2, -0.15) is 0 Å². The maximum Gasteiger partial charge on any atom is 0.160 e. The van der Waals surface area contributed by atoms with Crippen molar-refractivity contribution in [2.45, 2.75) is 5.41 Å². The molecule has 10 aromatic carbocycles. The van der Waals surface area contributed by atoms with Gasteiger partial charge in [0.1, 0.15) is 5.58 Å². The number of nitrogens with zero attached hydrogens (tertiary/aromatic N) is 2. The molecule has 0 fully saturated rings. The summed E-state index contributed by atoms with van der Waals surface area (Å²) in [6.07, 6.45) is 0. The first-order valence-electron chi connectivity index (χ1n) is 22.1. The lowest BCUT2D eigenvalue weighted by molar-refractivity contribution is 0.671. The lowest BCUT2D eigenvalue weighted by Crippen LogP contribution is -2.26. The molecule has 298 valence electrons. The molecule has 0 aliphatic heterocycles. The Morgan fingerprint density at radius 2 is 0.984 bits per heavy atom. The van der Waals surface area contributed by atoms with E-state index in [-0.39, 0.29) is 0 Å². The van der Waals surface area contributed by atoms with E-state index in [1.54, 1.807) is 0 Å². The van der Waals surface area contributed by atoms with Crippen molar-refractivity contribution in [3.05, 3.63) is 253 Å². The van der Waals surface area contributed by atoms with E-state index in [1.807, 2.05) is 6.07 Å². The van der Waals surface area contributed by atoms with Crippen LogP contribution in [0.5, 0.6) is 0 Å². The summed E-state index contributed by atoms with van der Waals surface area (Å²) in [6.45, 7) is 0. The number of rotatable bonds is 5. The van der Waals surface area contributed by atoms with Crippen molar-refractivity contribution in [1.82, 2.24) is 4.57 Å². The Morgan fingerprint density at radius 1 is 0.391 bits per heavy atom. The smallest absolute Gasteiger partial charge is 0.160 e. The predicted octanol–water partition coefficient (Wildman–Crippen LogP) is 16.2. The highest BCUT2D eigenvalue weighted by atomic mass is 16.3. The number of aromatic nitrogens is 1. The summed E-state index contributed by atoms with van der Waals surface area (Å²) in [5.74, 6) is 0. The SMILES string of the molecule is c1ccc(-c2cccc(N(c3ccc4c(c3)c3ccc5c6ccccc6oc5c3n4-c3ccccc3)c3cccc4c3-c3ccccc3C43c4ccccc4-c4ccccc43)c2)cc1. The Hall–Kier alpha value is -8.40. The van der Waals surface area contributed by atoms with Crippen LogP contribution >= 0.6 is 0 Å². The Labute approximate surface area is 370 Å². The van der Waals surface area contributed by atoms with E-state index >= 15 is 0 Å². The second kappa shape index (κ2) is 13.3. The first-order valence-corrected chi connectivity index (χ1v) is 22.1. The fourth-order valence-electron chi connectivity index (χ4n) is 11.4. The minimum Gasteiger partial charge on any atom is -0.454 e. The minimum absolute atomic E-state index is 0.461. The van der Waals surface area contributed by atoms with Gasteiger partial charge in [0.2, 0.25) is 0 Å². The van der Waals surface area contributed by atoms with Crippen LogP contribution in [0.3, 0.4) is 0 Å². The molecule has 0 N–H and O–H groups in total. The topological polar surface area (TPSA) is 21.3 Å². The highest BCUT2D eigenvalue weighted by Gasteiger charge is 2.52. The van der Waals surface area contributed by atoms with Gasteiger partial charge in [-0.15, -0.1) is 0 Å². The largest absolute Gasteiger partial charge is 0.454 e. The molecular weight excluding hydrogens is 777 g/mol. The van der Waals surface area contributed by atoms with Gasteiger partial charge < -0.3 is 13.9 Å². The predicted molar refractivity (Wildman–Crippen MR) is 264 cm³/mol. The van der Waals surface area contributed by atoms with E-state index in [0.29, 0.717) is 0 Å². The average Bonchev–Trinajstić information content (AvgIpc) is 4.09. The molecule has 0 radical (unpaired) electrons. The molecule has 3 heteroatoms. The fraction of sp³-hybridized carbons (Fsp3) is 0.0164. The molecule has 0 unspecified atom stereocenters. The number of para-hydroxylation sites is 2. The quantitative estimate of drug-likeness (QED) is 0.173. The zero-order chi connectivity index (χ0) is 41.9. The Morgan fingerprint density at radius 3 is 1.77 bits per heavy atom. The number of benzene rings is 10. The lowest BCUT2D eigenvalue weighted by atomic mass is 9.70. The number of hydrogen-bond donors (Lipinski definition) is 0. The summed E-state index contributed by atoms with van der Waals surface area (Å²) in [6, 6.07) is 84.5. The van der Waals surface area contributed by atoms with Gasteiger partial charge in [-0.1, -0.05) is 170 Å². The van der Waals surface area contributed by atoms with Crippen molar-refractivity contribution in [3.8, 4) is 39.1 Å². The van der Waals surface area contributed by atoms with Crippen molar-refractivity contribution in [2.75, 3.05) is 4.90 Å². The maximum atomic E-state index is 6.78. The van der Waals surface area contributed by atoms with Crippen LogP contribution in [-0.4, -0.2) is 4.57 Å². The molecule has 2 aliphatic carbocycles. The summed E-state index contributed by atoms with van der Waals surface area (Å²) in [7, 11) is 0. The minimum atomic E-state index is -0.461.